The van der Waals surface area contributed by atoms with Crippen molar-refractivity contribution >= 4 is 17.8 Å². The van der Waals surface area contributed by atoms with Gasteiger partial charge in [-0.1, -0.05) is 0 Å². The fourth-order valence-electron chi connectivity index (χ4n) is 1.48. The monoisotopic (exact) mass is 268 g/mol. The van der Waals surface area contributed by atoms with Crippen molar-refractivity contribution in [1.29, 1.82) is 0 Å². The van der Waals surface area contributed by atoms with Gasteiger partial charge in [0.05, 0.1) is 19.3 Å². The lowest BCUT2D eigenvalue weighted by Crippen LogP contribution is -2.33. The Balaban J connectivity index is 2.94. The molecule has 0 unspecified atom stereocenters. The number of anilines is 1. The van der Waals surface area contributed by atoms with Gasteiger partial charge in [-0.05, 0) is 12.1 Å². The van der Waals surface area contributed by atoms with Crippen LogP contribution in [-0.4, -0.2) is 55.9 Å². The maximum absolute atomic E-state index is 11.4. The predicted molar refractivity (Wildman–Crippen MR) is 67.3 cm³/mol. The van der Waals surface area contributed by atoms with Crippen LogP contribution in [0.5, 0.6) is 0 Å². The molecule has 1 aromatic rings. The second-order valence-corrected chi connectivity index (χ2v) is 3.70. The first-order valence-electron chi connectivity index (χ1n) is 5.58. The summed E-state index contributed by atoms with van der Waals surface area (Å²) in [5.74, 6) is -1.09. The van der Waals surface area contributed by atoms with Crippen molar-refractivity contribution in [3.05, 3.63) is 23.9 Å². The van der Waals surface area contributed by atoms with E-state index in [9.17, 15) is 9.59 Å². The third kappa shape index (κ3) is 4.55. The number of hydrogen-bond acceptors (Lipinski definition) is 6. The second kappa shape index (κ2) is 7.32. The van der Waals surface area contributed by atoms with E-state index in [2.05, 4.69) is 9.72 Å². The Morgan fingerprint density at radius 1 is 1.42 bits per heavy atom. The molecule has 0 saturated carbocycles. The molecular formula is C12H16N2O5. The Labute approximate surface area is 110 Å². The minimum atomic E-state index is -0.985. The van der Waals surface area contributed by atoms with Crippen LogP contribution >= 0.6 is 0 Å². The lowest BCUT2D eigenvalue weighted by molar-refractivity contribution is -0.135. The van der Waals surface area contributed by atoms with Gasteiger partial charge in [0.15, 0.2) is 0 Å². The third-order valence-corrected chi connectivity index (χ3v) is 2.38. The van der Waals surface area contributed by atoms with Crippen molar-refractivity contribution < 1.29 is 24.2 Å². The van der Waals surface area contributed by atoms with Gasteiger partial charge in [-0.15, -0.1) is 0 Å². The van der Waals surface area contributed by atoms with Gasteiger partial charge in [-0.25, -0.2) is 9.78 Å². The smallest absolute Gasteiger partial charge is 0.338 e. The van der Waals surface area contributed by atoms with E-state index in [0.717, 1.165) is 0 Å². The third-order valence-electron chi connectivity index (χ3n) is 2.38. The van der Waals surface area contributed by atoms with Crippen LogP contribution in [0.1, 0.15) is 10.4 Å². The van der Waals surface area contributed by atoms with Gasteiger partial charge in [-0.2, -0.15) is 0 Å². The van der Waals surface area contributed by atoms with E-state index in [1.54, 1.807) is 0 Å². The highest BCUT2D eigenvalue weighted by atomic mass is 16.5. The molecule has 7 heteroatoms. The van der Waals surface area contributed by atoms with Crippen molar-refractivity contribution in [1.82, 2.24) is 4.98 Å². The van der Waals surface area contributed by atoms with Crippen LogP contribution < -0.4 is 4.90 Å². The number of carboxylic acids is 1. The number of esters is 1. The van der Waals surface area contributed by atoms with Gasteiger partial charge in [0.2, 0.25) is 0 Å². The molecule has 7 nitrogen and oxygen atoms in total. The molecule has 1 heterocycles. The first kappa shape index (κ1) is 14.9. The fraction of sp³-hybridized carbons (Fsp3) is 0.417. The number of hydrogen-bond donors (Lipinski definition) is 1. The highest BCUT2D eigenvalue weighted by molar-refractivity contribution is 5.90. The maximum Gasteiger partial charge on any atom is 0.338 e. The van der Waals surface area contributed by atoms with Crippen molar-refractivity contribution in [3.8, 4) is 0 Å². The summed E-state index contributed by atoms with van der Waals surface area (Å²) in [5.41, 5.74) is 0.320. The minimum Gasteiger partial charge on any atom is -0.480 e. The Morgan fingerprint density at radius 3 is 2.74 bits per heavy atom. The number of methoxy groups -OCH3 is 2. The summed E-state index contributed by atoms with van der Waals surface area (Å²) in [6, 6.07) is 3.00. The SMILES string of the molecule is COCCN(CC(=O)O)c1cc(C(=O)OC)ccn1. The van der Waals surface area contributed by atoms with Crippen LogP contribution in [0.2, 0.25) is 0 Å². The Hall–Kier alpha value is -2.15. The Kier molecular flexibility index (Phi) is 5.74. The summed E-state index contributed by atoms with van der Waals surface area (Å²) in [6.45, 7) is 0.499. The molecule has 1 N–H and O–H groups in total. The van der Waals surface area contributed by atoms with Crippen LogP contribution in [0.3, 0.4) is 0 Å². The molecule has 0 atom stereocenters. The van der Waals surface area contributed by atoms with Crippen LogP contribution in [0, 0.1) is 0 Å². The van der Waals surface area contributed by atoms with Crippen LogP contribution in [0.15, 0.2) is 18.3 Å². The number of nitrogens with zero attached hydrogens (tertiary/aromatic N) is 2. The van der Waals surface area contributed by atoms with E-state index in [-0.39, 0.29) is 6.54 Å². The van der Waals surface area contributed by atoms with Gasteiger partial charge in [-0.3, -0.25) is 4.79 Å². The van der Waals surface area contributed by atoms with E-state index in [4.69, 9.17) is 9.84 Å². The second-order valence-electron chi connectivity index (χ2n) is 3.70. The first-order valence-corrected chi connectivity index (χ1v) is 5.58. The number of pyridine rings is 1. The summed E-state index contributed by atoms with van der Waals surface area (Å²) in [7, 11) is 2.81. The van der Waals surface area contributed by atoms with Crippen molar-refractivity contribution in [2.45, 2.75) is 0 Å². The molecule has 0 fully saturated rings. The summed E-state index contributed by atoms with van der Waals surface area (Å²) < 4.78 is 9.53. The number of aromatic nitrogens is 1. The number of carbonyl (C=O) groups excluding carboxylic acids is 1. The lowest BCUT2D eigenvalue weighted by Gasteiger charge is -2.21. The summed E-state index contributed by atoms with van der Waals surface area (Å²) in [6.07, 6.45) is 1.43. The van der Waals surface area contributed by atoms with Gasteiger partial charge < -0.3 is 19.5 Å². The van der Waals surface area contributed by atoms with Crippen molar-refractivity contribution in [2.24, 2.45) is 0 Å². The molecule has 0 radical (unpaired) electrons. The topological polar surface area (TPSA) is 89.0 Å². The number of carboxylic acid groups (broad SMARTS) is 1. The van der Waals surface area contributed by atoms with E-state index in [0.29, 0.717) is 24.5 Å². The zero-order chi connectivity index (χ0) is 14.3. The van der Waals surface area contributed by atoms with Crippen molar-refractivity contribution in [3.63, 3.8) is 0 Å². The molecule has 104 valence electrons. The summed E-state index contributed by atoms with van der Waals surface area (Å²) in [5, 5.41) is 8.87. The zero-order valence-electron chi connectivity index (χ0n) is 10.8. The zero-order valence-corrected chi connectivity index (χ0v) is 10.8. The lowest BCUT2D eigenvalue weighted by atomic mass is 10.2. The van der Waals surface area contributed by atoms with E-state index < -0.39 is 11.9 Å². The fourth-order valence-corrected chi connectivity index (χ4v) is 1.48. The van der Waals surface area contributed by atoms with Crippen LogP contribution in [0.25, 0.3) is 0 Å². The highest BCUT2D eigenvalue weighted by Crippen LogP contribution is 2.13. The Bertz CT molecular complexity index is 450. The standard InChI is InChI=1S/C12H16N2O5/c1-18-6-5-14(8-11(15)16)10-7-9(3-4-13-10)12(17)19-2/h3-4,7H,5-6,8H2,1-2H3,(H,15,16). The van der Waals surface area contributed by atoms with Crippen LogP contribution in [-0.2, 0) is 14.3 Å². The largest absolute Gasteiger partial charge is 0.480 e. The van der Waals surface area contributed by atoms with Crippen LogP contribution in [0.4, 0.5) is 5.82 Å². The normalized spacial score (nSPS) is 10.0. The van der Waals surface area contributed by atoms with Gasteiger partial charge >= 0.3 is 11.9 Å². The van der Waals surface area contributed by atoms with Gasteiger partial charge in [0.1, 0.15) is 12.4 Å². The molecule has 0 bridgehead atoms. The van der Waals surface area contributed by atoms with Crippen molar-refractivity contribution in [2.75, 3.05) is 38.8 Å². The van der Waals surface area contributed by atoms with Gasteiger partial charge in [0.25, 0.3) is 0 Å². The quantitative estimate of drug-likeness (QED) is 0.716. The molecule has 19 heavy (non-hydrogen) atoms. The summed E-state index contributed by atoms with van der Waals surface area (Å²) >= 11 is 0. The van der Waals surface area contributed by atoms with E-state index in [1.807, 2.05) is 0 Å². The molecule has 0 spiro atoms. The maximum atomic E-state index is 11.4. The molecule has 0 aliphatic heterocycles. The number of carbonyl (C=O) groups is 2. The highest BCUT2D eigenvalue weighted by Gasteiger charge is 2.14. The molecule has 0 aliphatic carbocycles. The first-order chi connectivity index (χ1) is 9.08. The number of rotatable bonds is 7. The molecule has 1 rings (SSSR count). The summed E-state index contributed by atoms with van der Waals surface area (Å²) in [4.78, 5) is 27.8. The molecule has 0 amide bonds. The molecule has 1 aromatic heterocycles. The Morgan fingerprint density at radius 2 is 2.16 bits per heavy atom. The molecular weight excluding hydrogens is 252 g/mol. The predicted octanol–water partition coefficient (Wildman–Crippen LogP) is 0.406. The van der Waals surface area contributed by atoms with E-state index in [1.165, 1.54) is 37.4 Å². The average Bonchev–Trinajstić information content (AvgIpc) is 2.42. The average molecular weight is 268 g/mol. The number of ether oxygens (including phenoxy) is 2. The number of aliphatic carboxylic acids is 1. The molecule has 0 saturated heterocycles. The minimum absolute atomic E-state index is 0.221. The van der Waals surface area contributed by atoms with Gasteiger partial charge in [0, 0.05) is 19.9 Å². The molecule has 0 aromatic carbocycles. The van der Waals surface area contributed by atoms with E-state index >= 15 is 0 Å². The molecule has 0 aliphatic rings.